The van der Waals surface area contributed by atoms with Crippen LogP contribution in [0.2, 0.25) is 0 Å². The van der Waals surface area contributed by atoms with Crippen molar-refractivity contribution in [2.45, 2.75) is 52.7 Å². The van der Waals surface area contributed by atoms with Crippen molar-refractivity contribution in [3.8, 4) is 0 Å². The molecule has 3 nitrogen and oxygen atoms in total. The van der Waals surface area contributed by atoms with Crippen LogP contribution >= 0.6 is 0 Å². The molecule has 1 heterocycles. The van der Waals surface area contributed by atoms with Gasteiger partial charge in [-0.2, -0.15) is 0 Å². The van der Waals surface area contributed by atoms with Gasteiger partial charge in [0.1, 0.15) is 5.82 Å². The summed E-state index contributed by atoms with van der Waals surface area (Å²) < 4.78 is 2.13. The van der Waals surface area contributed by atoms with Crippen molar-refractivity contribution in [2.24, 2.45) is 5.92 Å². The fraction of sp³-hybridized carbons (Fsp3) is 0.750. The molecule has 1 rings (SSSR count). The summed E-state index contributed by atoms with van der Waals surface area (Å²) in [4.78, 5) is 4.29. The van der Waals surface area contributed by atoms with E-state index in [2.05, 4.69) is 30.3 Å². The number of aromatic nitrogens is 2. The van der Waals surface area contributed by atoms with Crippen molar-refractivity contribution < 1.29 is 5.11 Å². The number of aliphatic hydroxyl groups excluding tert-OH is 1. The first kappa shape index (κ1) is 12.2. The third-order valence-corrected chi connectivity index (χ3v) is 2.96. The maximum atomic E-state index is 9.93. The number of aliphatic hydroxyl groups is 1. The Hall–Kier alpha value is -0.830. The molecule has 0 spiro atoms. The molecule has 0 saturated carbocycles. The van der Waals surface area contributed by atoms with Gasteiger partial charge in [0.2, 0.25) is 0 Å². The second kappa shape index (κ2) is 5.91. The molecule has 0 aromatic carbocycles. The van der Waals surface area contributed by atoms with Crippen LogP contribution in [0.3, 0.4) is 0 Å². The Kier molecular flexibility index (Phi) is 4.82. The molecular formula is C12H22N2O. The first-order valence-electron chi connectivity index (χ1n) is 5.87. The molecule has 15 heavy (non-hydrogen) atoms. The molecule has 86 valence electrons. The smallest absolute Gasteiger partial charge is 0.111 e. The molecule has 0 saturated heterocycles. The van der Waals surface area contributed by atoms with Gasteiger partial charge in [-0.25, -0.2) is 4.98 Å². The molecular weight excluding hydrogens is 188 g/mol. The standard InChI is InChI=1S/C12H22N2O/c1-4-7-14-8-6-13-12(14)9-11(15)10(3)5-2/h6,8,10-11,15H,4-5,7,9H2,1-3H3. The first-order chi connectivity index (χ1) is 7.19. The van der Waals surface area contributed by atoms with Gasteiger partial charge in [-0.3, -0.25) is 0 Å². The predicted octanol–water partition coefficient (Wildman–Crippen LogP) is 2.24. The normalized spacial score (nSPS) is 15.2. The molecule has 0 bridgehead atoms. The zero-order valence-electron chi connectivity index (χ0n) is 9.98. The molecule has 1 N–H and O–H groups in total. The van der Waals surface area contributed by atoms with E-state index in [1.807, 2.05) is 12.4 Å². The maximum Gasteiger partial charge on any atom is 0.111 e. The van der Waals surface area contributed by atoms with Crippen LogP contribution in [0.5, 0.6) is 0 Å². The predicted molar refractivity (Wildman–Crippen MR) is 61.7 cm³/mol. The number of nitrogens with zero attached hydrogens (tertiary/aromatic N) is 2. The Balaban J connectivity index is 2.59. The van der Waals surface area contributed by atoms with Crippen LogP contribution in [0, 0.1) is 5.92 Å². The largest absolute Gasteiger partial charge is 0.392 e. The van der Waals surface area contributed by atoms with Gasteiger partial charge in [0, 0.05) is 25.4 Å². The summed E-state index contributed by atoms with van der Waals surface area (Å²) in [5.74, 6) is 1.35. The number of hydrogen-bond acceptors (Lipinski definition) is 2. The molecule has 1 aromatic rings. The van der Waals surface area contributed by atoms with Crippen LogP contribution < -0.4 is 0 Å². The monoisotopic (exact) mass is 210 g/mol. The van der Waals surface area contributed by atoms with Crippen molar-refractivity contribution >= 4 is 0 Å². The Labute approximate surface area is 92.1 Å². The lowest BCUT2D eigenvalue weighted by molar-refractivity contribution is 0.112. The highest BCUT2D eigenvalue weighted by atomic mass is 16.3. The average molecular weight is 210 g/mol. The Morgan fingerprint density at radius 1 is 1.47 bits per heavy atom. The summed E-state index contributed by atoms with van der Waals surface area (Å²) in [5, 5.41) is 9.93. The zero-order valence-corrected chi connectivity index (χ0v) is 9.98. The average Bonchev–Trinajstić information content (AvgIpc) is 2.65. The molecule has 0 aliphatic carbocycles. The van der Waals surface area contributed by atoms with Gasteiger partial charge in [0.05, 0.1) is 6.10 Å². The van der Waals surface area contributed by atoms with E-state index in [1.165, 1.54) is 0 Å². The van der Waals surface area contributed by atoms with E-state index in [0.29, 0.717) is 12.3 Å². The highest BCUT2D eigenvalue weighted by molar-refractivity contribution is 4.94. The lowest BCUT2D eigenvalue weighted by atomic mass is 9.99. The minimum Gasteiger partial charge on any atom is -0.392 e. The van der Waals surface area contributed by atoms with E-state index in [0.717, 1.165) is 25.2 Å². The summed E-state index contributed by atoms with van der Waals surface area (Å²) in [6, 6.07) is 0. The van der Waals surface area contributed by atoms with Crippen molar-refractivity contribution in [1.29, 1.82) is 0 Å². The highest BCUT2D eigenvalue weighted by Gasteiger charge is 2.15. The third-order valence-electron chi connectivity index (χ3n) is 2.96. The van der Waals surface area contributed by atoms with Crippen LogP contribution in [-0.4, -0.2) is 20.8 Å². The summed E-state index contributed by atoms with van der Waals surface area (Å²) in [6.45, 7) is 7.32. The van der Waals surface area contributed by atoms with Crippen molar-refractivity contribution in [3.63, 3.8) is 0 Å². The number of rotatable bonds is 6. The lowest BCUT2D eigenvalue weighted by Gasteiger charge is -2.17. The van der Waals surface area contributed by atoms with E-state index < -0.39 is 0 Å². The molecule has 0 amide bonds. The molecule has 0 fully saturated rings. The topological polar surface area (TPSA) is 38.0 Å². The minimum atomic E-state index is -0.270. The van der Waals surface area contributed by atoms with Gasteiger partial charge >= 0.3 is 0 Å². The molecule has 0 aliphatic heterocycles. The summed E-state index contributed by atoms with van der Waals surface area (Å²) in [7, 11) is 0. The SMILES string of the molecule is CCCn1ccnc1CC(O)C(C)CC. The van der Waals surface area contributed by atoms with E-state index in [4.69, 9.17) is 0 Å². The fourth-order valence-corrected chi connectivity index (χ4v) is 1.63. The third kappa shape index (κ3) is 3.34. The van der Waals surface area contributed by atoms with Crippen LogP contribution in [0.15, 0.2) is 12.4 Å². The van der Waals surface area contributed by atoms with Crippen molar-refractivity contribution in [1.82, 2.24) is 9.55 Å². The number of imidazole rings is 1. The van der Waals surface area contributed by atoms with Gasteiger partial charge in [0.15, 0.2) is 0 Å². The van der Waals surface area contributed by atoms with Crippen LogP contribution in [0.4, 0.5) is 0 Å². The van der Waals surface area contributed by atoms with Gasteiger partial charge in [-0.1, -0.05) is 27.2 Å². The number of aryl methyl sites for hydroxylation is 1. The lowest BCUT2D eigenvalue weighted by Crippen LogP contribution is -2.22. The highest BCUT2D eigenvalue weighted by Crippen LogP contribution is 2.12. The molecule has 0 radical (unpaired) electrons. The Morgan fingerprint density at radius 2 is 2.20 bits per heavy atom. The molecule has 1 aromatic heterocycles. The van der Waals surface area contributed by atoms with Crippen molar-refractivity contribution in [2.75, 3.05) is 0 Å². The van der Waals surface area contributed by atoms with Crippen LogP contribution in [0.25, 0.3) is 0 Å². The number of hydrogen-bond donors (Lipinski definition) is 1. The fourth-order valence-electron chi connectivity index (χ4n) is 1.63. The second-order valence-corrected chi connectivity index (χ2v) is 4.19. The Bertz CT molecular complexity index is 283. The van der Waals surface area contributed by atoms with E-state index >= 15 is 0 Å². The maximum absolute atomic E-state index is 9.93. The van der Waals surface area contributed by atoms with Crippen LogP contribution in [-0.2, 0) is 13.0 Å². The molecule has 3 heteroatoms. The van der Waals surface area contributed by atoms with Gasteiger partial charge in [-0.05, 0) is 12.3 Å². The van der Waals surface area contributed by atoms with Gasteiger partial charge in [-0.15, -0.1) is 0 Å². The van der Waals surface area contributed by atoms with Crippen LogP contribution in [0.1, 0.15) is 39.4 Å². The summed E-state index contributed by atoms with van der Waals surface area (Å²) in [6.07, 6.45) is 6.31. The minimum absolute atomic E-state index is 0.270. The molecule has 2 unspecified atom stereocenters. The van der Waals surface area contributed by atoms with Gasteiger partial charge in [0.25, 0.3) is 0 Å². The Morgan fingerprint density at radius 3 is 2.80 bits per heavy atom. The summed E-state index contributed by atoms with van der Waals surface area (Å²) in [5.41, 5.74) is 0. The van der Waals surface area contributed by atoms with E-state index in [9.17, 15) is 5.11 Å². The van der Waals surface area contributed by atoms with Gasteiger partial charge < -0.3 is 9.67 Å². The quantitative estimate of drug-likeness (QED) is 0.782. The van der Waals surface area contributed by atoms with E-state index in [-0.39, 0.29) is 6.10 Å². The molecule has 0 aliphatic rings. The summed E-state index contributed by atoms with van der Waals surface area (Å²) >= 11 is 0. The first-order valence-corrected chi connectivity index (χ1v) is 5.87. The zero-order chi connectivity index (χ0) is 11.3. The van der Waals surface area contributed by atoms with E-state index in [1.54, 1.807) is 0 Å². The van der Waals surface area contributed by atoms with Crippen molar-refractivity contribution in [3.05, 3.63) is 18.2 Å². The molecule has 2 atom stereocenters. The second-order valence-electron chi connectivity index (χ2n) is 4.19.